The van der Waals surface area contributed by atoms with Crippen molar-refractivity contribution in [3.8, 4) is 0 Å². The first-order valence-electron chi connectivity index (χ1n) is 7.05. The average Bonchev–Trinajstić information content (AvgIpc) is 2.97. The highest BCUT2D eigenvalue weighted by molar-refractivity contribution is 7.89. The zero-order valence-electron chi connectivity index (χ0n) is 10.8. The summed E-state index contributed by atoms with van der Waals surface area (Å²) in [6.45, 7) is 2.55. The highest BCUT2D eigenvalue weighted by atomic mass is 32.2. The van der Waals surface area contributed by atoms with Crippen LogP contribution in [0.3, 0.4) is 0 Å². The molecule has 102 valence electrons. The molecular formula is C13H22N2O2S. The molecule has 1 unspecified atom stereocenters. The fourth-order valence-electron chi connectivity index (χ4n) is 3.47. The lowest BCUT2D eigenvalue weighted by Crippen LogP contribution is -2.40. The molecule has 3 rings (SSSR count). The molecule has 0 bridgehead atoms. The van der Waals surface area contributed by atoms with E-state index in [2.05, 4.69) is 17.1 Å². The second-order valence-electron chi connectivity index (χ2n) is 5.72. The van der Waals surface area contributed by atoms with Crippen molar-refractivity contribution in [1.82, 2.24) is 9.21 Å². The first-order chi connectivity index (χ1) is 8.67. The summed E-state index contributed by atoms with van der Waals surface area (Å²) in [5.41, 5.74) is 0. The van der Waals surface area contributed by atoms with Crippen molar-refractivity contribution in [2.75, 3.05) is 25.4 Å². The maximum Gasteiger partial charge on any atom is 0.216 e. The second-order valence-corrected chi connectivity index (χ2v) is 7.69. The summed E-state index contributed by atoms with van der Waals surface area (Å²) < 4.78 is 26.4. The van der Waals surface area contributed by atoms with E-state index in [4.69, 9.17) is 0 Å². The van der Waals surface area contributed by atoms with Gasteiger partial charge in [-0.2, -0.15) is 4.31 Å². The lowest BCUT2D eigenvalue weighted by molar-refractivity contribution is 0.208. The molecule has 0 aromatic rings. The normalized spacial score (nSPS) is 34.3. The van der Waals surface area contributed by atoms with Gasteiger partial charge in [0.25, 0.3) is 0 Å². The Hall–Kier alpha value is -0.390. The predicted octanol–water partition coefficient (Wildman–Crippen LogP) is 1.20. The maximum atomic E-state index is 12.3. The molecule has 18 heavy (non-hydrogen) atoms. The van der Waals surface area contributed by atoms with Crippen LogP contribution in [0.15, 0.2) is 12.2 Å². The van der Waals surface area contributed by atoms with Crippen molar-refractivity contribution in [3.63, 3.8) is 0 Å². The van der Waals surface area contributed by atoms with Crippen LogP contribution in [-0.4, -0.2) is 55.1 Å². The van der Waals surface area contributed by atoms with Crippen LogP contribution in [-0.2, 0) is 10.0 Å². The minimum atomic E-state index is -3.01. The summed E-state index contributed by atoms with van der Waals surface area (Å²) in [5, 5.41) is 0. The number of hydrogen-bond acceptors (Lipinski definition) is 3. The third-order valence-electron chi connectivity index (χ3n) is 4.50. The Labute approximate surface area is 110 Å². The van der Waals surface area contributed by atoms with Crippen molar-refractivity contribution in [2.24, 2.45) is 0 Å². The lowest BCUT2D eigenvalue weighted by Gasteiger charge is -2.30. The molecule has 4 nitrogen and oxygen atoms in total. The Morgan fingerprint density at radius 3 is 2.28 bits per heavy atom. The van der Waals surface area contributed by atoms with Crippen molar-refractivity contribution in [1.29, 1.82) is 0 Å². The molecule has 0 N–H and O–H groups in total. The van der Waals surface area contributed by atoms with Crippen LogP contribution in [0.5, 0.6) is 0 Å². The smallest absolute Gasteiger partial charge is 0.216 e. The van der Waals surface area contributed by atoms with Crippen molar-refractivity contribution >= 4 is 10.0 Å². The summed E-state index contributed by atoms with van der Waals surface area (Å²) >= 11 is 0. The van der Waals surface area contributed by atoms with Crippen LogP contribution in [0, 0.1) is 0 Å². The minimum Gasteiger partial charge on any atom is -0.291 e. The Balaban J connectivity index is 1.70. The molecule has 5 heteroatoms. The van der Waals surface area contributed by atoms with Gasteiger partial charge in [-0.1, -0.05) is 31.4 Å². The van der Waals surface area contributed by atoms with Gasteiger partial charge in [0.1, 0.15) is 0 Å². The largest absolute Gasteiger partial charge is 0.291 e. The summed E-state index contributed by atoms with van der Waals surface area (Å²) in [5.74, 6) is 0.325. The Morgan fingerprint density at radius 1 is 0.944 bits per heavy atom. The number of sulfonamides is 1. The lowest BCUT2D eigenvalue weighted by atomic mass is 9.95. The standard InChI is InChI=1S/C13H22N2O2S/c16-18(17)11-13(14-8-4-5-9-14)10-15(18)12-6-2-1-3-7-12/h4-5,12-13H,1-3,6-11H2. The van der Waals surface area contributed by atoms with Crippen LogP contribution in [0.25, 0.3) is 0 Å². The van der Waals surface area contributed by atoms with E-state index in [0.717, 1.165) is 25.9 Å². The molecule has 1 saturated heterocycles. The van der Waals surface area contributed by atoms with Crippen LogP contribution in [0.2, 0.25) is 0 Å². The second kappa shape index (κ2) is 4.94. The third kappa shape index (κ3) is 2.36. The topological polar surface area (TPSA) is 40.6 Å². The Bertz CT molecular complexity index is 418. The molecule has 0 spiro atoms. The maximum absolute atomic E-state index is 12.3. The zero-order valence-corrected chi connectivity index (χ0v) is 11.6. The summed E-state index contributed by atoms with van der Waals surface area (Å²) in [6.07, 6.45) is 10.0. The zero-order chi connectivity index (χ0) is 12.6. The third-order valence-corrected chi connectivity index (χ3v) is 6.46. The molecule has 2 aliphatic heterocycles. The minimum absolute atomic E-state index is 0.201. The van der Waals surface area contributed by atoms with E-state index < -0.39 is 10.0 Å². The van der Waals surface area contributed by atoms with Crippen LogP contribution in [0.4, 0.5) is 0 Å². The van der Waals surface area contributed by atoms with Gasteiger partial charge in [0.2, 0.25) is 10.0 Å². The van der Waals surface area contributed by atoms with Gasteiger partial charge in [-0.05, 0) is 12.8 Å². The van der Waals surface area contributed by atoms with E-state index in [1.54, 1.807) is 0 Å². The molecule has 2 fully saturated rings. The summed E-state index contributed by atoms with van der Waals surface area (Å²) in [6, 6.07) is 0.483. The molecule has 2 heterocycles. The van der Waals surface area contributed by atoms with Crippen LogP contribution >= 0.6 is 0 Å². The molecule has 0 amide bonds. The molecule has 3 aliphatic rings. The van der Waals surface area contributed by atoms with Crippen LogP contribution < -0.4 is 0 Å². The van der Waals surface area contributed by atoms with E-state index in [-0.39, 0.29) is 12.1 Å². The predicted molar refractivity (Wildman–Crippen MR) is 71.9 cm³/mol. The van der Waals surface area contributed by atoms with Gasteiger partial charge in [-0.3, -0.25) is 4.90 Å². The van der Waals surface area contributed by atoms with Crippen LogP contribution in [0.1, 0.15) is 32.1 Å². The molecule has 0 aromatic heterocycles. The van der Waals surface area contributed by atoms with E-state index in [0.29, 0.717) is 12.3 Å². The summed E-state index contributed by atoms with van der Waals surface area (Å²) in [7, 11) is -3.01. The van der Waals surface area contributed by atoms with E-state index in [1.165, 1.54) is 19.3 Å². The van der Waals surface area contributed by atoms with Gasteiger partial charge in [0.15, 0.2) is 0 Å². The number of hydrogen-bond donors (Lipinski definition) is 0. The van der Waals surface area contributed by atoms with Gasteiger partial charge in [-0.25, -0.2) is 8.42 Å². The van der Waals surface area contributed by atoms with E-state index >= 15 is 0 Å². The number of rotatable bonds is 2. The fraction of sp³-hybridized carbons (Fsp3) is 0.846. The van der Waals surface area contributed by atoms with Crippen molar-refractivity contribution in [3.05, 3.63) is 12.2 Å². The fourth-order valence-corrected chi connectivity index (χ4v) is 5.53. The van der Waals surface area contributed by atoms with Crippen molar-refractivity contribution in [2.45, 2.75) is 44.2 Å². The first kappa shape index (κ1) is 12.6. The van der Waals surface area contributed by atoms with Gasteiger partial charge in [0.05, 0.1) is 5.75 Å². The average molecular weight is 270 g/mol. The molecular weight excluding hydrogens is 248 g/mol. The Morgan fingerprint density at radius 2 is 1.61 bits per heavy atom. The quantitative estimate of drug-likeness (QED) is 0.708. The van der Waals surface area contributed by atoms with E-state index in [9.17, 15) is 8.42 Å². The van der Waals surface area contributed by atoms with Gasteiger partial charge >= 0.3 is 0 Å². The highest BCUT2D eigenvalue weighted by Gasteiger charge is 2.42. The van der Waals surface area contributed by atoms with Crippen molar-refractivity contribution < 1.29 is 8.42 Å². The summed E-state index contributed by atoms with van der Waals surface area (Å²) in [4.78, 5) is 2.28. The van der Waals surface area contributed by atoms with E-state index in [1.807, 2.05) is 4.31 Å². The highest BCUT2D eigenvalue weighted by Crippen LogP contribution is 2.30. The molecule has 1 aliphatic carbocycles. The van der Waals surface area contributed by atoms with Gasteiger partial charge in [0, 0.05) is 31.7 Å². The molecule has 0 radical (unpaired) electrons. The van der Waals surface area contributed by atoms with Gasteiger partial charge < -0.3 is 0 Å². The molecule has 1 atom stereocenters. The SMILES string of the molecule is O=S1(=O)CC(N2CC=CC2)CN1C1CCCCC1. The monoisotopic (exact) mass is 270 g/mol. The molecule has 0 aromatic carbocycles. The molecule has 1 saturated carbocycles. The van der Waals surface area contributed by atoms with Gasteiger partial charge in [-0.15, -0.1) is 0 Å². The first-order valence-corrected chi connectivity index (χ1v) is 8.66. The Kier molecular flexibility index (Phi) is 3.47. The number of nitrogens with zero attached hydrogens (tertiary/aromatic N) is 2.